The van der Waals surface area contributed by atoms with E-state index in [1.807, 2.05) is 49.9 Å². The molecule has 3 aromatic carbocycles. The lowest BCUT2D eigenvalue weighted by Gasteiger charge is -2.37. The number of carbonyl (C=O) groups is 4. The third kappa shape index (κ3) is 8.25. The molecule has 5 heterocycles. The molecule has 5 aromatic rings. The van der Waals surface area contributed by atoms with Crippen molar-refractivity contribution in [2.75, 3.05) is 40.5 Å². The standard InChI is InChI=1S/C47H55N7O8/c1-27(2)40(51-45(58)60-4)43(57)54-19-7-17-47(54,3)44-48-26-37(50-44)33-12-11-29-22-30(9-10-31(29)23-33)32-13-14-34-35(24-32)49-36(25-39(34)55)38-8-6-18-53(38)42(56)41(52-46(59)61-5)28-15-20-62-21-16-28/h9-14,22-28,38,40-41H,6-8,15-21H2,1-5H3,(H,48,50)(H,49,55)(H,51,58)(H,52,59). The highest BCUT2D eigenvalue weighted by atomic mass is 16.5. The monoisotopic (exact) mass is 845 g/mol. The van der Waals surface area contributed by atoms with Crippen LogP contribution in [0, 0.1) is 11.8 Å². The third-order valence-corrected chi connectivity index (χ3v) is 13.1. The number of nitrogens with one attached hydrogen (secondary N) is 4. The van der Waals surface area contributed by atoms with Crippen molar-refractivity contribution >= 4 is 45.7 Å². The fraction of sp³-hybridized carbons (Fsp3) is 0.447. The van der Waals surface area contributed by atoms with Crippen LogP contribution in [0.3, 0.4) is 0 Å². The number of imidazole rings is 1. The summed E-state index contributed by atoms with van der Waals surface area (Å²) in [7, 11) is 2.57. The molecular formula is C47H55N7O8. The van der Waals surface area contributed by atoms with Gasteiger partial charge >= 0.3 is 12.2 Å². The van der Waals surface area contributed by atoms with Crippen molar-refractivity contribution in [1.82, 2.24) is 35.4 Å². The van der Waals surface area contributed by atoms with E-state index in [1.54, 1.807) is 17.2 Å². The molecule has 3 fully saturated rings. The van der Waals surface area contributed by atoms with Gasteiger partial charge in [-0.15, -0.1) is 0 Å². The Labute approximate surface area is 359 Å². The quantitative estimate of drug-likeness (QED) is 0.118. The van der Waals surface area contributed by atoms with E-state index in [-0.39, 0.29) is 35.1 Å². The molecule has 0 aliphatic carbocycles. The van der Waals surface area contributed by atoms with Crippen molar-refractivity contribution < 1.29 is 33.4 Å². The summed E-state index contributed by atoms with van der Waals surface area (Å²) >= 11 is 0. The summed E-state index contributed by atoms with van der Waals surface area (Å²) in [6.07, 6.45) is 4.81. The number of pyridine rings is 1. The molecule has 0 spiro atoms. The second kappa shape index (κ2) is 17.6. The van der Waals surface area contributed by atoms with Gasteiger partial charge in [0.1, 0.15) is 17.9 Å². The zero-order valence-electron chi connectivity index (χ0n) is 35.9. The number of hydrogen-bond donors (Lipinski definition) is 4. The van der Waals surface area contributed by atoms with E-state index in [4.69, 9.17) is 19.2 Å². The molecule has 0 bridgehead atoms. The minimum absolute atomic E-state index is 0.0836. The lowest BCUT2D eigenvalue weighted by atomic mass is 9.90. The molecule has 4 amide bonds. The van der Waals surface area contributed by atoms with Crippen LogP contribution in [0.5, 0.6) is 0 Å². The molecule has 62 heavy (non-hydrogen) atoms. The molecule has 3 aliphatic rings. The Morgan fingerprint density at radius 2 is 1.50 bits per heavy atom. The Bertz CT molecular complexity index is 2560. The summed E-state index contributed by atoms with van der Waals surface area (Å²) in [6.45, 7) is 7.93. The van der Waals surface area contributed by atoms with Gasteiger partial charge in [0, 0.05) is 49.0 Å². The Morgan fingerprint density at radius 1 is 0.823 bits per heavy atom. The highest BCUT2D eigenvalue weighted by Gasteiger charge is 2.46. The smallest absolute Gasteiger partial charge is 0.407 e. The summed E-state index contributed by atoms with van der Waals surface area (Å²) < 4.78 is 15.2. The van der Waals surface area contributed by atoms with Crippen LogP contribution in [0.4, 0.5) is 9.59 Å². The van der Waals surface area contributed by atoms with Crippen molar-refractivity contribution in [1.29, 1.82) is 0 Å². The zero-order chi connectivity index (χ0) is 43.7. The maximum atomic E-state index is 14.1. The minimum atomic E-state index is -0.753. The first-order valence-electron chi connectivity index (χ1n) is 21.5. The van der Waals surface area contributed by atoms with E-state index in [0.29, 0.717) is 68.0 Å². The van der Waals surface area contributed by atoms with Gasteiger partial charge in [-0.1, -0.05) is 44.2 Å². The number of alkyl carbamates (subject to hydrolysis) is 2. The maximum absolute atomic E-state index is 14.1. The van der Waals surface area contributed by atoms with Crippen LogP contribution in [0.15, 0.2) is 71.7 Å². The molecule has 326 valence electrons. The van der Waals surface area contributed by atoms with Crippen LogP contribution in [0.1, 0.15) is 76.9 Å². The van der Waals surface area contributed by atoms with Gasteiger partial charge in [0.2, 0.25) is 11.8 Å². The van der Waals surface area contributed by atoms with Crippen molar-refractivity contribution in [2.24, 2.45) is 11.8 Å². The molecule has 15 nitrogen and oxygen atoms in total. The largest absolute Gasteiger partial charge is 0.453 e. The zero-order valence-corrected chi connectivity index (χ0v) is 35.9. The number of H-pyrrole nitrogens is 2. The molecule has 4 unspecified atom stereocenters. The Morgan fingerprint density at radius 3 is 2.23 bits per heavy atom. The lowest BCUT2D eigenvalue weighted by Crippen LogP contribution is -2.55. The number of amides is 4. The first kappa shape index (κ1) is 42.5. The Balaban J connectivity index is 1.02. The van der Waals surface area contributed by atoms with E-state index in [1.165, 1.54) is 14.2 Å². The van der Waals surface area contributed by atoms with Crippen LogP contribution in [0.2, 0.25) is 0 Å². The highest BCUT2D eigenvalue weighted by molar-refractivity contribution is 5.92. The summed E-state index contributed by atoms with van der Waals surface area (Å²) in [4.78, 5) is 81.4. The summed E-state index contributed by atoms with van der Waals surface area (Å²) in [5.74, 6) is 0.122. The van der Waals surface area contributed by atoms with Gasteiger partial charge in [0.05, 0.1) is 43.2 Å². The van der Waals surface area contributed by atoms with Crippen LogP contribution in [-0.2, 0) is 29.3 Å². The molecule has 15 heteroatoms. The third-order valence-electron chi connectivity index (χ3n) is 13.1. The number of likely N-dealkylation sites (tertiary alicyclic amines) is 2. The number of hydrogen-bond acceptors (Lipinski definition) is 9. The lowest BCUT2D eigenvalue weighted by molar-refractivity contribution is -0.139. The number of aromatic nitrogens is 3. The van der Waals surface area contributed by atoms with Crippen molar-refractivity contribution in [3.63, 3.8) is 0 Å². The number of fused-ring (bicyclic) bond motifs is 2. The van der Waals surface area contributed by atoms with Gasteiger partial charge in [0.15, 0.2) is 5.43 Å². The number of aromatic amines is 2. The molecule has 8 rings (SSSR count). The number of benzene rings is 3. The molecule has 0 saturated carbocycles. The van der Waals surface area contributed by atoms with Gasteiger partial charge in [-0.2, -0.15) is 0 Å². The molecule has 3 saturated heterocycles. The topological polar surface area (TPSA) is 188 Å². The van der Waals surface area contributed by atoms with Gasteiger partial charge < -0.3 is 44.6 Å². The van der Waals surface area contributed by atoms with Gasteiger partial charge in [-0.25, -0.2) is 14.6 Å². The maximum Gasteiger partial charge on any atom is 0.407 e. The average molecular weight is 846 g/mol. The molecule has 4 atom stereocenters. The molecule has 0 radical (unpaired) electrons. The van der Waals surface area contributed by atoms with E-state index < -0.39 is 29.8 Å². The van der Waals surface area contributed by atoms with Crippen LogP contribution in [0.25, 0.3) is 44.1 Å². The number of ether oxygens (including phenoxy) is 3. The fourth-order valence-electron chi connectivity index (χ4n) is 9.55. The number of rotatable bonds is 10. The van der Waals surface area contributed by atoms with Gasteiger partial charge in [0.25, 0.3) is 0 Å². The number of nitrogens with zero attached hydrogens (tertiary/aromatic N) is 3. The predicted octanol–water partition coefficient (Wildman–Crippen LogP) is 6.77. The van der Waals surface area contributed by atoms with Crippen molar-refractivity contribution in [3.05, 3.63) is 88.6 Å². The predicted molar refractivity (Wildman–Crippen MR) is 234 cm³/mol. The summed E-state index contributed by atoms with van der Waals surface area (Å²) in [5.41, 5.74) is 4.23. The van der Waals surface area contributed by atoms with E-state index >= 15 is 0 Å². The SMILES string of the molecule is COC(=O)NC(C(=O)N1CCCC1(C)c1ncc(-c2ccc3cc(-c4ccc5c(=O)cc(C6CCCN6C(=O)C(NC(=O)OC)C6CCOCC6)[nH]c5c4)ccc3c2)[nH]1)C(C)C. The summed E-state index contributed by atoms with van der Waals surface area (Å²) in [5, 5.41) is 8.13. The van der Waals surface area contributed by atoms with Crippen LogP contribution < -0.4 is 16.1 Å². The molecular weight excluding hydrogens is 791 g/mol. The van der Waals surface area contributed by atoms with Crippen molar-refractivity contribution in [2.45, 2.75) is 83.0 Å². The molecule has 2 aromatic heterocycles. The van der Waals surface area contributed by atoms with E-state index in [2.05, 4.69) is 50.9 Å². The Hall–Kier alpha value is -6.22. The van der Waals surface area contributed by atoms with E-state index in [9.17, 15) is 24.0 Å². The Kier molecular flexibility index (Phi) is 12.1. The van der Waals surface area contributed by atoms with Crippen molar-refractivity contribution in [3.8, 4) is 22.4 Å². The first-order valence-corrected chi connectivity index (χ1v) is 21.5. The normalized spacial score (nSPS) is 20.4. The fourth-order valence-corrected chi connectivity index (χ4v) is 9.55. The van der Waals surface area contributed by atoms with Gasteiger partial charge in [-0.3, -0.25) is 14.4 Å². The number of carbonyl (C=O) groups excluding carboxylic acids is 4. The first-order chi connectivity index (χ1) is 29.9. The molecule has 3 aliphatic heterocycles. The highest BCUT2D eigenvalue weighted by Crippen LogP contribution is 2.39. The number of methoxy groups -OCH3 is 2. The minimum Gasteiger partial charge on any atom is -0.453 e. The van der Waals surface area contributed by atoms with Crippen LogP contribution in [-0.4, -0.2) is 101 Å². The second-order valence-electron chi connectivity index (χ2n) is 17.2. The average Bonchev–Trinajstić information content (AvgIpc) is 4.08. The summed E-state index contributed by atoms with van der Waals surface area (Å²) in [6, 6.07) is 18.0. The second-order valence-corrected chi connectivity index (χ2v) is 17.2. The molecule has 4 N–H and O–H groups in total. The van der Waals surface area contributed by atoms with Gasteiger partial charge in [-0.05, 0) is 103 Å². The van der Waals surface area contributed by atoms with E-state index in [0.717, 1.165) is 52.4 Å². The van der Waals surface area contributed by atoms with Crippen LogP contribution >= 0.6 is 0 Å².